The van der Waals surface area contributed by atoms with Gasteiger partial charge in [0.05, 0.1) is 0 Å². The van der Waals surface area contributed by atoms with Crippen LogP contribution < -0.4 is 11.1 Å². The number of rotatable bonds is 2. The smallest absolute Gasteiger partial charge is 0.120 e. The standard InChI is InChI=1S/C16H20N2O/c17-16(12-7-9-18-10-8-12)15-13-4-2-1-3-11(13)5-6-14(15)19/h1-6,12,16,18-19H,7-10,17H2/t16-/m1/s1. The molecule has 0 aliphatic carbocycles. The Morgan fingerprint density at radius 2 is 1.84 bits per heavy atom. The zero-order chi connectivity index (χ0) is 13.2. The Balaban J connectivity index is 2.05. The first-order valence-electron chi connectivity index (χ1n) is 6.94. The summed E-state index contributed by atoms with van der Waals surface area (Å²) in [4.78, 5) is 0. The van der Waals surface area contributed by atoms with Gasteiger partial charge in [0.15, 0.2) is 0 Å². The largest absolute Gasteiger partial charge is 0.508 e. The minimum absolute atomic E-state index is 0.0896. The normalized spacial score (nSPS) is 18.6. The number of phenols is 1. The fourth-order valence-corrected chi connectivity index (χ4v) is 3.07. The summed E-state index contributed by atoms with van der Waals surface area (Å²) in [6.45, 7) is 2.04. The van der Waals surface area contributed by atoms with E-state index in [-0.39, 0.29) is 6.04 Å². The third kappa shape index (κ3) is 2.31. The molecule has 0 saturated carbocycles. The second-order valence-corrected chi connectivity index (χ2v) is 5.33. The molecule has 2 aromatic carbocycles. The van der Waals surface area contributed by atoms with Gasteiger partial charge < -0.3 is 16.2 Å². The van der Waals surface area contributed by atoms with Crippen molar-refractivity contribution in [3.63, 3.8) is 0 Å². The maximum absolute atomic E-state index is 10.2. The lowest BCUT2D eigenvalue weighted by Crippen LogP contribution is -2.33. The molecule has 1 fully saturated rings. The Labute approximate surface area is 113 Å². The van der Waals surface area contributed by atoms with Gasteiger partial charge in [0.25, 0.3) is 0 Å². The van der Waals surface area contributed by atoms with Crippen LogP contribution in [-0.4, -0.2) is 18.2 Å². The van der Waals surface area contributed by atoms with Gasteiger partial charge in [0, 0.05) is 11.6 Å². The first-order valence-corrected chi connectivity index (χ1v) is 6.94. The van der Waals surface area contributed by atoms with E-state index < -0.39 is 0 Å². The van der Waals surface area contributed by atoms with Crippen molar-refractivity contribution in [2.24, 2.45) is 11.7 Å². The van der Waals surface area contributed by atoms with E-state index in [1.807, 2.05) is 24.3 Å². The molecule has 1 heterocycles. The Hall–Kier alpha value is -1.58. The lowest BCUT2D eigenvalue weighted by atomic mass is 9.84. The number of hydrogen-bond acceptors (Lipinski definition) is 3. The monoisotopic (exact) mass is 256 g/mol. The molecule has 1 aliphatic heterocycles. The molecule has 3 rings (SSSR count). The predicted molar refractivity (Wildman–Crippen MR) is 78.1 cm³/mol. The van der Waals surface area contributed by atoms with E-state index in [1.165, 1.54) is 0 Å². The van der Waals surface area contributed by atoms with Crippen LogP contribution in [0.1, 0.15) is 24.4 Å². The number of hydrogen-bond donors (Lipinski definition) is 3. The van der Waals surface area contributed by atoms with Crippen molar-refractivity contribution in [3.8, 4) is 5.75 Å². The Morgan fingerprint density at radius 1 is 1.11 bits per heavy atom. The van der Waals surface area contributed by atoms with Crippen LogP contribution in [-0.2, 0) is 0 Å². The molecule has 0 unspecified atom stereocenters. The molecular weight excluding hydrogens is 236 g/mol. The SMILES string of the molecule is N[C@@H](c1c(O)ccc2ccccc12)C1CCNCC1. The molecule has 3 nitrogen and oxygen atoms in total. The molecule has 2 aromatic rings. The van der Waals surface area contributed by atoms with Crippen molar-refractivity contribution in [2.75, 3.05) is 13.1 Å². The average molecular weight is 256 g/mol. The summed E-state index contributed by atoms with van der Waals surface area (Å²) < 4.78 is 0. The summed E-state index contributed by atoms with van der Waals surface area (Å²) >= 11 is 0. The van der Waals surface area contributed by atoms with Gasteiger partial charge in [-0.3, -0.25) is 0 Å². The highest BCUT2D eigenvalue weighted by molar-refractivity contribution is 5.88. The maximum Gasteiger partial charge on any atom is 0.120 e. The fourth-order valence-electron chi connectivity index (χ4n) is 3.07. The summed E-state index contributed by atoms with van der Waals surface area (Å²) in [5.41, 5.74) is 7.36. The van der Waals surface area contributed by atoms with Crippen molar-refractivity contribution in [1.29, 1.82) is 0 Å². The van der Waals surface area contributed by atoms with Gasteiger partial charge in [-0.25, -0.2) is 0 Å². The van der Waals surface area contributed by atoms with Crippen LogP contribution in [0, 0.1) is 5.92 Å². The highest BCUT2D eigenvalue weighted by Crippen LogP contribution is 2.36. The van der Waals surface area contributed by atoms with Crippen molar-refractivity contribution in [2.45, 2.75) is 18.9 Å². The van der Waals surface area contributed by atoms with Crippen molar-refractivity contribution >= 4 is 10.8 Å². The van der Waals surface area contributed by atoms with E-state index in [0.29, 0.717) is 11.7 Å². The van der Waals surface area contributed by atoms with Gasteiger partial charge >= 0.3 is 0 Å². The number of fused-ring (bicyclic) bond motifs is 1. The van der Waals surface area contributed by atoms with Crippen LogP contribution in [0.15, 0.2) is 36.4 Å². The summed E-state index contributed by atoms with van der Waals surface area (Å²) in [6.07, 6.45) is 2.15. The average Bonchev–Trinajstić information content (AvgIpc) is 2.47. The number of piperidine rings is 1. The lowest BCUT2D eigenvalue weighted by molar-refractivity contribution is 0.317. The minimum atomic E-state index is -0.0896. The zero-order valence-corrected chi connectivity index (χ0v) is 11.0. The van der Waals surface area contributed by atoms with E-state index in [1.54, 1.807) is 6.07 Å². The van der Waals surface area contributed by atoms with Crippen LogP contribution in [0.25, 0.3) is 10.8 Å². The van der Waals surface area contributed by atoms with Gasteiger partial charge in [0.2, 0.25) is 0 Å². The van der Waals surface area contributed by atoms with E-state index >= 15 is 0 Å². The van der Waals surface area contributed by atoms with Crippen LogP contribution in [0.5, 0.6) is 5.75 Å². The highest BCUT2D eigenvalue weighted by atomic mass is 16.3. The molecule has 19 heavy (non-hydrogen) atoms. The Bertz CT molecular complexity index is 576. The third-order valence-electron chi connectivity index (χ3n) is 4.17. The van der Waals surface area contributed by atoms with Gasteiger partial charge in [-0.1, -0.05) is 30.3 Å². The molecular formula is C16H20N2O. The number of phenolic OH excluding ortho intramolecular Hbond substituents is 1. The van der Waals surface area contributed by atoms with Crippen molar-refractivity contribution in [3.05, 3.63) is 42.0 Å². The first-order chi connectivity index (χ1) is 9.27. The zero-order valence-electron chi connectivity index (χ0n) is 11.0. The van der Waals surface area contributed by atoms with E-state index in [4.69, 9.17) is 5.73 Å². The number of benzene rings is 2. The summed E-state index contributed by atoms with van der Waals surface area (Å²) in [7, 11) is 0. The number of nitrogens with two attached hydrogens (primary N) is 1. The molecule has 1 saturated heterocycles. The van der Waals surface area contributed by atoms with E-state index in [9.17, 15) is 5.11 Å². The van der Waals surface area contributed by atoms with Crippen molar-refractivity contribution < 1.29 is 5.11 Å². The molecule has 1 aliphatic rings. The van der Waals surface area contributed by atoms with Crippen LogP contribution in [0.3, 0.4) is 0 Å². The van der Waals surface area contributed by atoms with Gasteiger partial charge in [0.1, 0.15) is 5.75 Å². The van der Waals surface area contributed by atoms with Crippen LogP contribution in [0.4, 0.5) is 0 Å². The van der Waals surface area contributed by atoms with Crippen LogP contribution >= 0.6 is 0 Å². The Kier molecular flexibility index (Phi) is 3.40. The highest BCUT2D eigenvalue weighted by Gasteiger charge is 2.25. The van der Waals surface area contributed by atoms with E-state index in [2.05, 4.69) is 11.4 Å². The van der Waals surface area contributed by atoms with Gasteiger partial charge in [-0.05, 0) is 48.7 Å². The van der Waals surface area contributed by atoms with Gasteiger partial charge in [-0.15, -0.1) is 0 Å². The molecule has 0 amide bonds. The second-order valence-electron chi connectivity index (χ2n) is 5.33. The quantitative estimate of drug-likeness (QED) is 0.774. The lowest BCUT2D eigenvalue weighted by Gasteiger charge is -2.29. The molecule has 0 aromatic heterocycles. The van der Waals surface area contributed by atoms with Gasteiger partial charge in [-0.2, -0.15) is 0 Å². The molecule has 0 bridgehead atoms. The van der Waals surface area contributed by atoms with E-state index in [0.717, 1.165) is 42.3 Å². The molecule has 1 atom stereocenters. The number of nitrogens with one attached hydrogen (secondary N) is 1. The molecule has 0 radical (unpaired) electrons. The molecule has 0 spiro atoms. The van der Waals surface area contributed by atoms with Crippen molar-refractivity contribution in [1.82, 2.24) is 5.32 Å². The topological polar surface area (TPSA) is 58.3 Å². The summed E-state index contributed by atoms with van der Waals surface area (Å²) in [5.74, 6) is 0.766. The predicted octanol–water partition coefficient (Wildman–Crippen LogP) is 2.54. The maximum atomic E-state index is 10.2. The first kappa shape index (κ1) is 12.5. The molecule has 4 N–H and O–H groups in total. The minimum Gasteiger partial charge on any atom is -0.508 e. The fraction of sp³-hybridized carbons (Fsp3) is 0.375. The summed E-state index contributed by atoms with van der Waals surface area (Å²) in [6, 6.07) is 11.7. The second kappa shape index (κ2) is 5.19. The third-order valence-corrected chi connectivity index (χ3v) is 4.17. The summed E-state index contributed by atoms with van der Waals surface area (Å²) in [5, 5.41) is 15.8. The Morgan fingerprint density at radius 3 is 2.63 bits per heavy atom. The van der Waals surface area contributed by atoms with Crippen LogP contribution in [0.2, 0.25) is 0 Å². The molecule has 3 heteroatoms. The number of aromatic hydroxyl groups is 1. The molecule has 100 valence electrons.